The number of esters is 1. The Morgan fingerprint density at radius 3 is 1.60 bits per heavy atom. The van der Waals surface area contributed by atoms with Crippen molar-refractivity contribution in [1.82, 2.24) is 0 Å². The van der Waals surface area contributed by atoms with Gasteiger partial charge in [0.05, 0.1) is 5.92 Å². The number of unbranched alkanes of at least 4 members (excludes halogenated alkanes) is 5. The summed E-state index contributed by atoms with van der Waals surface area (Å²) in [7, 11) is 0. The third-order valence-corrected chi connectivity index (χ3v) is 9.05. The van der Waals surface area contributed by atoms with Crippen LogP contribution in [-0.2, 0) is 11.2 Å². The largest absolute Gasteiger partial charge is 0.426 e. The minimum atomic E-state index is -0.00940. The molecular weight excluding hydrogens is 428 g/mol. The Bertz CT molecular complexity index is 678. The lowest BCUT2D eigenvalue weighted by molar-refractivity contribution is -0.140. The van der Waals surface area contributed by atoms with Gasteiger partial charge in [0.15, 0.2) is 0 Å². The van der Waals surface area contributed by atoms with Crippen molar-refractivity contribution in [2.24, 2.45) is 23.7 Å². The summed E-state index contributed by atoms with van der Waals surface area (Å²) in [5.41, 5.74) is 1.37. The summed E-state index contributed by atoms with van der Waals surface area (Å²) in [5.74, 6) is 3.64. The number of carbonyl (C=O) groups is 1. The predicted molar refractivity (Wildman–Crippen MR) is 149 cm³/mol. The van der Waals surface area contributed by atoms with Crippen LogP contribution in [0.2, 0.25) is 0 Å². The van der Waals surface area contributed by atoms with Crippen LogP contribution in [0.4, 0.5) is 0 Å². The number of carbonyl (C=O) groups excluding carboxylic acids is 1. The van der Waals surface area contributed by atoms with Crippen molar-refractivity contribution in [3.8, 4) is 5.75 Å². The van der Waals surface area contributed by atoms with E-state index in [1.807, 2.05) is 12.1 Å². The minimum Gasteiger partial charge on any atom is -0.426 e. The van der Waals surface area contributed by atoms with E-state index in [1.54, 1.807) is 0 Å². The second-order valence-corrected chi connectivity index (χ2v) is 11.9. The molecule has 0 unspecified atom stereocenters. The van der Waals surface area contributed by atoms with Gasteiger partial charge in [-0.25, -0.2) is 0 Å². The van der Waals surface area contributed by atoms with Crippen molar-refractivity contribution in [2.75, 3.05) is 0 Å². The second-order valence-electron chi connectivity index (χ2n) is 11.9. The Balaban J connectivity index is 1.26. The van der Waals surface area contributed by atoms with Gasteiger partial charge in [0.25, 0.3) is 0 Å². The van der Waals surface area contributed by atoms with Crippen LogP contribution in [0.15, 0.2) is 24.3 Å². The van der Waals surface area contributed by atoms with Crippen LogP contribution in [-0.4, -0.2) is 5.97 Å². The second kappa shape index (κ2) is 16.4. The van der Waals surface area contributed by atoms with Crippen molar-refractivity contribution >= 4 is 5.97 Å². The molecule has 0 heterocycles. The number of aryl methyl sites for hydroxylation is 1. The highest BCUT2D eigenvalue weighted by atomic mass is 16.5. The van der Waals surface area contributed by atoms with Gasteiger partial charge >= 0.3 is 5.97 Å². The quantitative estimate of drug-likeness (QED) is 0.141. The number of benzene rings is 1. The van der Waals surface area contributed by atoms with E-state index in [1.165, 1.54) is 115 Å². The molecule has 1 aromatic rings. The fourth-order valence-electron chi connectivity index (χ4n) is 6.55. The molecule has 0 bridgehead atoms. The first-order valence-corrected chi connectivity index (χ1v) is 15.5. The van der Waals surface area contributed by atoms with Gasteiger partial charge in [0, 0.05) is 0 Å². The van der Waals surface area contributed by atoms with Crippen LogP contribution in [0.5, 0.6) is 5.75 Å². The number of rotatable bonds is 15. The van der Waals surface area contributed by atoms with E-state index in [9.17, 15) is 4.79 Å². The maximum atomic E-state index is 12.6. The lowest BCUT2D eigenvalue weighted by Gasteiger charge is -2.28. The van der Waals surface area contributed by atoms with Crippen LogP contribution < -0.4 is 4.74 Å². The maximum absolute atomic E-state index is 12.6. The molecule has 0 saturated heterocycles. The first-order chi connectivity index (χ1) is 17.2. The van der Waals surface area contributed by atoms with Crippen LogP contribution in [0.25, 0.3) is 0 Å². The monoisotopic (exact) mass is 482 g/mol. The van der Waals surface area contributed by atoms with Crippen LogP contribution in [0.1, 0.15) is 141 Å². The zero-order valence-corrected chi connectivity index (χ0v) is 23.1. The van der Waals surface area contributed by atoms with Gasteiger partial charge in [-0.3, -0.25) is 4.79 Å². The zero-order valence-electron chi connectivity index (χ0n) is 23.1. The van der Waals surface area contributed by atoms with Gasteiger partial charge < -0.3 is 4.74 Å². The molecule has 2 fully saturated rings. The number of ether oxygens (including phenoxy) is 1. The summed E-state index contributed by atoms with van der Waals surface area (Å²) in [6, 6.07) is 8.33. The molecule has 0 radical (unpaired) electrons. The minimum absolute atomic E-state index is 0.00940. The topological polar surface area (TPSA) is 26.3 Å². The lowest BCUT2D eigenvalue weighted by atomic mass is 9.78. The fourth-order valence-corrected chi connectivity index (χ4v) is 6.55. The summed E-state index contributed by atoms with van der Waals surface area (Å²) < 4.78 is 5.75. The molecule has 3 rings (SSSR count). The third-order valence-electron chi connectivity index (χ3n) is 9.05. The van der Waals surface area contributed by atoms with E-state index in [0.29, 0.717) is 0 Å². The van der Waals surface area contributed by atoms with Gasteiger partial charge in [-0.1, -0.05) is 116 Å². The summed E-state index contributed by atoms with van der Waals surface area (Å²) in [6.07, 6.45) is 26.5. The predicted octanol–water partition coefficient (Wildman–Crippen LogP) is 10.1. The molecule has 2 aliphatic rings. The Morgan fingerprint density at radius 1 is 0.657 bits per heavy atom. The number of hydrogen-bond donors (Lipinski definition) is 0. The lowest BCUT2D eigenvalue weighted by Crippen LogP contribution is -2.25. The summed E-state index contributed by atoms with van der Waals surface area (Å²) in [6.45, 7) is 4.57. The molecule has 1 aromatic carbocycles. The molecule has 2 aliphatic carbocycles. The molecule has 0 aromatic heterocycles. The van der Waals surface area contributed by atoms with E-state index in [4.69, 9.17) is 4.74 Å². The Labute approximate surface area is 217 Å². The van der Waals surface area contributed by atoms with Crippen molar-refractivity contribution < 1.29 is 9.53 Å². The zero-order chi connectivity index (χ0) is 24.7. The van der Waals surface area contributed by atoms with Crippen LogP contribution in [0.3, 0.4) is 0 Å². The summed E-state index contributed by atoms with van der Waals surface area (Å²) in [4.78, 5) is 12.6. The third kappa shape index (κ3) is 10.7. The Kier molecular flexibility index (Phi) is 13.3. The molecule has 0 amide bonds. The van der Waals surface area contributed by atoms with Crippen molar-refractivity contribution in [1.29, 1.82) is 0 Å². The molecule has 198 valence electrons. The van der Waals surface area contributed by atoms with Crippen molar-refractivity contribution in [3.05, 3.63) is 29.8 Å². The average molecular weight is 483 g/mol. The maximum Gasteiger partial charge on any atom is 0.314 e. The average Bonchev–Trinajstić information content (AvgIpc) is 2.89. The van der Waals surface area contributed by atoms with Gasteiger partial charge in [-0.2, -0.15) is 0 Å². The molecule has 0 atom stereocenters. The molecule has 2 saturated carbocycles. The highest BCUT2D eigenvalue weighted by Crippen LogP contribution is 2.35. The fraction of sp³-hybridized carbons (Fsp3) is 0.788. The summed E-state index contributed by atoms with van der Waals surface area (Å²) >= 11 is 0. The molecule has 0 aliphatic heterocycles. The SMILES string of the molecule is CCCCC[C@H]1CC[C@H](CCCCc2ccc(OC(=O)[C@H]3CC[C@H](CCCCC)CC3)cc2)CC1. The standard InChI is InChI=1S/C33H54O2/c1-3-5-7-11-27-15-17-28(18-16-27)13-9-10-14-30-21-25-32(26-22-30)35-33(34)31-23-19-29(20-24-31)12-8-6-4-2/h21-22,25-29,31H,3-20,23-24H2,1-2H3/t27-,28-,29-,31-. The first-order valence-electron chi connectivity index (χ1n) is 15.5. The molecule has 2 heteroatoms. The van der Waals surface area contributed by atoms with Crippen LogP contribution in [0, 0.1) is 23.7 Å². The van der Waals surface area contributed by atoms with Crippen molar-refractivity contribution in [3.63, 3.8) is 0 Å². The first kappa shape index (κ1) is 28.3. The Morgan fingerprint density at radius 2 is 1.11 bits per heavy atom. The highest BCUT2D eigenvalue weighted by Gasteiger charge is 2.27. The van der Waals surface area contributed by atoms with E-state index < -0.39 is 0 Å². The van der Waals surface area contributed by atoms with E-state index >= 15 is 0 Å². The van der Waals surface area contributed by atoms with Crippen molar-refractivity contribution in [2.45, 2.75) is 142 Å². The van der Waals surface area contributed by atoms with Gasteiger partial charge in [0.2, 0.25) is 0 Å². The summed E-state index contributed by atoms with van der Waals surface area (Å²) in [5, 5.41) is 0. The van der Waals surface area contributed by atoms with E-state index in [0.717, 1.165) is 42.8 Å². The van der Waals surface area contributed by atoms with E-state index in [-0.39, 0.29) is 11.9 Å². The number of hydrogen-bond acceptors (Lipinski definition) is 2. The van der Waals surface area contributed by atoms with Gasteiger partial charge in [0.1, 0.15) is 5.75 Å². The smallest absolute Gasteiger partial charge is 0.314 e. The molecule has 0 spiro atoms. The van der Waals surface area contributed by atoms with Gasteiger partial charge in [-0.15, -0.1) is 0 Å². The normalized spacial score (nSPS) is 24.9. The molecule has 2 nitrogen and oxygen atoms in total. The molecular formula is C33H54O2. The molecule has 35 heavy (non-hydrogen) atoms. The van der Waals surface area contributed by atoms with Crippen LogP contribution >= 0.6 is 0 Å². The Hall–Kier alpha value is -1.31. The molecule has 0 N–H and O–H groups in total. The highest BCUT2D eigenvalue weighted by molar-refractivity contribution is 5.75. The van der Waals surface area contributed by atoms with Gasteiger partial charge in [-0.05, 0) is 74.0 Å². The van der Waals surface area contributed by atoms with E-state index in [2.05, 4.69) is 26.0 Å².